The average molecular weight is 411 g/mol. The molecule has 1 heterocycles. The van der Waals surface area contributed by atoms with Crippen LogP contribution in [0.15, 0.2) is 0 Å². The van der Waals surface area contributed by atoms with E-state index in [1.54, 1.807) is 0 Å². The van der Waals surface area contributed by atoms with E-state index in [9.17, 15) is 4.79 Å². The number of Topliss-reactive ketones (excluding diaryl/α,β-unsaturated/α-hetero) is 1. The highest BCUT2D eigenvalue weighted by Crippen LogP contribution is 2.70. The van der Waals surface area contributed by atoms with Gasteiger partial charge in [0.15, 0.2) is 16.6 Å². The van der Waals surface area contributed by atoms with Crippen molar-refractivity contribution in [2.24, 2.45) is 22.7 Å². The number of hydrogen-bond donors (Lipinski definition) is 0. The lowest BCUT2D eigenvalue weighted by atomic mass is 9.45. The zero-order valence-electron chi connectivity index (χ0n) is 19.2. The predicted molar refractivity (Wildman–Crippen MR) is 117 cm³/mol. The third-order valence-electron chi connectivity index (χ3n) is 9.08. The van der Waals surface area contributed by atoms with Gasteiger partial charge in [0.25, 0.3) is 0 Å². The first-order chi connectivity index (χ1) is 12.2. The number of rotatable bonds is 4. The summed E-state index contributed by atoms with van der Waals surface area (Å²) in [6.07, 6.45) is 4.17. The molecule has 0 aromatic heterocycles. The van der Waals surface area contributed by atoms with Crippen LogP contribution < -0.4 is 0 Å². The average Bonchev–Trinajstić information content (AvgIpc) is 2.51. The van der Waals surface area contributed by atoms with Crippen LogP contribution >= 0.6 is 0 Å². The molecule has 0 aromatic rings. The monoisotopic (exact) mass is 410 g/mol. The van der Waals surface area contributed by atoms with Crippen LogP contribution in [0, 0.1) is 22.7 Å². The van der Waals surface area contributed by atoms with Crippen molar-refractivity contribution in [1.82, 2.24) is 0 Å². The first-order valence-electron chi connectivity index (χ1n) is 11.0. The number of ketones is 1. The summed E-state index contributed by atoms with van der Waals surface area (Å²) in [6.45, 7) is 22.6. The van der Waals surface area contributed by atoms with Gasteiger partial charge in [-0.25, -0.2) is 0 Å². The number of fused-ring (bicyclic) bond motifs is 2. The minimum Gasteiger partial charge on any atom is -0.417 e. The van der Waals surface area contributed by atoms with Crippen molar-refractivity contribution >= 4 is 22.4 Å². The number of carbonyl (C=O) groups excluding carboxylic acids is 1. The molecular weight excluding hydrogens is 368 g/mol. The third-order valence-corrected chi connectivity index (χ3v) is 16.9. The van der Waals surface area contributed by atoms with Gasteiger partial charge in [-0.1, -0.05) is 34.6 Å². The van der Waals surface area contributed by atoms with Gasteiger partial charge in [-0.3, -0.25) is 4.79 Å². The Morgan fingerprint density at radius 1 is 1.26 bits per heavy atom. The Balaban J connectivity index is 1.87. The summed E-state index contributed by atoms with van der Waals surface area (Å²) in [7, 11) is -3.64. The summed E-state index contributed by atoms with van der Waals surface area (Å²) in [6, 6.07) is 0. The summed E-state index contributed by atoms with van der Waals surface area (Å²) in [5.41, 5.74) is 0.495. The van der Waals surface area contributed by atoms with E-state index in [2.05, 4.69) is 60.8 Å². The normalized spacial score (nSPS) is 41.5. The van der Waals surface area contributed by atoms with E-state index in [1.807, 2.05) is 0 Å². The molecule has 0 aromatic carbocycles. The highest BCUT2D eigenvalue weighted by atomic mass is 28.4. The lowest BCUT2D eigenvalue weighted by molar-refractivity contribution is -0.163. The predicted octanol–water partition coefficient (Wildman–Crippen LogP) is 6.02. The second kappa shape index (κ2) is 6.51. The van der Waals surface area contributed by atoms with Gasteiger partial charge in [0.05, 0.1) is 0 Å². The molecule has 0 unspecified atom stereocenters. The molecule has 1 saturated heterocycles. The van der Waals surface area contributed by atoms with E-state index in [0.29, 0.717) is 23.2 Å². The van der Waals surface area contributed by atoms with Gasteiger partial charge < -0.3 is 8.85 Å². The van der Waals surface area contributed by atoms with E-state index >= 15 is 0 Å². The van der Waals surface area contributed by atoms with E-state index in [4.69, 9.17) is 8.85 Å². The third kappa shape index (κ3) is 3.25. The zero-order chi connectivity index (χ0) is 20.5. The molecule has 2 bridgehead atoms. The van der Waals surface area contributed by atoms with Gasteiger partial charge in [0.1, 0.15) is 5.78 Å². The van der Waals surface area contributed by atoms with Crippen LogP contribution in [-0.4, -0.2) is 35.6 Å². The molecule has 3 saturated carbocycles. The van der Waals surface area contributed by atoms with E-state index in [1.165, 1.54) is 6.42 Å². The largest absolute Gasteiger partial charge is 0.417 e. The zero-order valence-corrected chi connectivity index (χ0v) is 21.2. The van der Waals surface area contributed by atoms with Gasteiger partial charge >= 0.3 is 0 Å². The second-order valence-corrected chi connectivity index (χ2v) is 21.0. The van der Waals surface area contributed by atoms with Gasteiger partial charge in [0, 0.05) is 25.0 Å². The van der Waals surface area contributed by atoms with Crippen molar-refractivity contribution in [3.05, 3.63) is 0 Å². The fourth-order valence-corrected chi connectivity index (χ4v) is 11.6. The van der Waals surface area contributed by atoms with E-state index in [0.717, 1.165) is 32.5 Å². The van der Waals surface area contributed by atoms with Crippen molar-refractivity contribution in [1.29, 1.82) is 0 Å². The summed E-state index contributed by atoms with van der Waals surface area (Å²) < 4.78 is 13.1. The fourth-order valence-electron chi connectivity index (χ4n) is 6.34. The molecule has 4 aliphatic rings. The first kappa shape index (κ1) is 21.7. The highest BCUT2D eigenvalue weighted by molar-refractivity contribution is 6.74. The maximum absolute atomic E-state index is 13.4. The number of carbonyl (C=O) groups is 1. The Morgan fingerprint density at radius 2 is 1.89 bits per heavy atom. The smallest absolute Gasteiger partial charge is 0.191 e. The van der Waals surface area contributed by atoms with Crippen LogP contribution in [0.1, 0.15) is 60.3 Å². The minimum absolute atomic E-state index is 0.104. The summed E-state index contributed by atoms with van der Waals surface area (Å²) in [4.78, 5) is 13.4. The quantitative estimate of drug-likeness (QED) is 0.532. The van der Waals surface area contributed by atoms with Crippen molar-refractivity contribution in [3.63, 3.8) is 0 Å². The molecule has 0 amide bonds. The van der Waals surface area contributed by atoms with Crippen molar-refractivity contribution < 1.29 is 13.6 Å². The Hall–Kier alpha value is 0.0238. The second-order valence-electron chi connectivity index (χ2n) is 12.1. The Kier molecular flexibility index (Phi) is 5.24. The highest BCUT2D eigenvalue weighted by Gasteiger charge is 2.70. The summed E-state index contributed by atoms with van der Waals surface area (Å²) in [5.74, 6) is 1.49. The summed E-state index contributed by atoms with van der Waals surface area (Å²) in [5, 5.41) is 0.246. The molecule has 4 rings (SSSR count). The standard InChI is InChI=1S/C22H42O3Si2/c1-16-15-25-26(6,7)19-17(10-13-24-27(8,9)20(2,3)4)21(5)11-12-22(16,19)18(23)14-21/h16-17,19H,10-15H2,1-9H3/t16-,17-,19-,21-,22-/m1/s1. The molecule has 5 atom stereocenters. The van der Waals surface area contributed by atoms with Gasteiger partial charge in [-0.2, -0.15) is 0 Å². The van der Waals surface area contributed by atoms with Crippen LogP contribution in [0.4, 0.5) is 0 Å². The maximum Gasteiger partial charge on any atom is 0.191 e. The lowest BCUT2D eigenvalue weighted by Gasteiger charge is -2.67. The Labute approximate surface area is 169 Å². The lowest BCUT2D eigenvalue weighted by Crippen LogP contribution is -2.68. The molecule has 1 aliphatic heterocycles. The van der Waals surface area contributed by atoms with Gasteiger partial charge in [-0.15, -0.1) is 0 Å². The molecule has 4 fully saturated rings. The molecule has 5 heteroatoms. The van der Waals surface area contributed by atoms with Crippen molar-refractivity contribution in [2.75, 3.05) is 13.2 Å². The molecule has 156 valence electrons. The molecule has 0 radical (unpaired) electrons. The molecular formula is C22H42O3Si2. The number of hydrogen-bond acceptors (Lipinski definition) is 3. The molecule has 0 N–H and O–H groups in total. The van der Waals surface area contributed by atoms with Crippen LogP contribution in [0.2, 0.25) is 36.8 Å². The van der Waals surface area contributed by atoms with E-state index in [-0.39, 0.29) is 15.9 Å². The minimum atomic E-state index is -1.91. The summed E-state index contributed by atoms with van der Waals surface area (Å²) >= 11 is 0. The first-order valence-corrected chi connectivity index (χ1v) is 16.9. The van der Waals surface area contributed by atoms with Crippen LogP contribution in [0.5, 0.6) is 0 Å². The van der Waals surface area contributed by atoms with Crippen LogP contribution in [0.25, 0.3) is 0 Å². The Bertz CT molecular complexity index is 609. The molecule has 3 aliphatic carbocycles. The van der Waals surface area contributed by atoms with Crippen molar-refractivity contribution in [2.45, 2.75) is 97.1 Å². The van der Waals surface area contributed by atoms with Crippen LogP contribution in [0.3, 0.4) is 0 Å². The van der Waals surface area contributed by atoms with Gasteiger partial charge in [0.2, 0.25) is 0 Å². The SMILES string of the molecule is C[C@@H]1CO[Si](C)(C)[C@@H]2[C@@H](CCO[Si](C)(C)C(C)(C)C)[C@]3(C)CC[C@]12C(=O)C3. The molecule has 3 nitrogen and oxygen atoms in total. The topological polar surface area (TPSA) is 35.5 Å². The molecule has 27 heavy (non-hydrogen) atoms. The maximum atomic E-state index is 13.4. The fraction of sp³-hybridized carbons (Fsp3) is 0.955. The Morgan fingerprint density at radius 3 is 2.44 bits per heavy atom. The van der Waals surface area contributed by atoms with Gasteiger partial charge in [-0.05, 0) is 73.3 Å². The van der Waals surface area contributed by atoms with E-state index < -0.39 is 16.6 Å². The van der Waals surface area contributed by atoms with Crippen molar-refractivity contribution in [3.8, 4) is 0 Å². The van der Waals surface area contributed by atoms with Crippen LogP contribution in [-0.2, 0) is 13.6 Å². The molecule has 1 spiro atoms.